The molecule has 3 rings (SSSR count). The Balaban J connectivity index is 1.52. The van der Waals surface area contributed by atoms with Crippen molar-refractivity contribution < 1.29 is 18.7 Å². The van der Waals surface area contributed by atoms with E-state index in [1.807, 2.05) is 19.1 Å². The molecule has 0 fully saturated rings. The van der Waals surface area contributed by atoms with Gasteiger partial charge in [-0.15, -0.1) is 11.8 Å². The van der Waals surface area contributed by atoms with E-state index in [1.165, 1.54) is 12.1 Å². The van der Waals surface area contributed by atoms with Gasteiger partial charge in [0.15, 0.2) is 11.5 Å². The van der Waals surface area contributed by atoms with Gasteiger partial charge in [0.25, 0.3) is 0 Å². The first-order chi connectivity index (χ1) is 12.5. The first-order valence-corrected chi connectivity index (χ1v) is 10.1. The van der Waals surface area contributed by atoms with Crippen LogP contribution in [0.5, 0.6) is 11.5 Å². The normalized spacial score (nSPS) is 14.0. The maximum absolute atomic E-state index is 12.9. The first-order valence-electron chi connectivity index (χ1n) is 8.24. The lowest BCUT2D eigenvalue weighted by Crippen LogP contribution is -2.30. The molecule has 138 valence electrons. The second-order valence-corrected chi connectivity index (χ2v) is 8.07. The van der Waals surface area contributed by atoms with Crippen LogP contribution in [0, 0.1) is 5.82 Å². The third kappa shape index (κ3) is 4.92. The molecule has 2 aromatic carbocycles. The molecular formula is C19H19BrFNO3S. The molecule has 1 amide bonds. The zero-order chi connectivity index (χ0) is 18.5. The van der Waals surface area contributed by atoms with Gasteiger partial charge in [0.1, 0.15) is 19.0 Å². The Bertz CT molecular complexity index is 785. The SMILES string of the molecule is CC(SCc1cc2c(cc1Br)OCCO2)C(=O)NCc1ccc(F)cc1. The molecule has 0 saturated heterocycles. The Hall–Kier alpha value is -1.73. The highest BCUT2D eigenvalue weighted by atomic mass is 79.9. The smallest absolute Gasteiger partial charge is 0.233 e. The molecular weight excluding hydrogens is 421 g/mol. The highest BCUT2D eigenvalue weighted by molar-refractivity contribution is 9.10. The lowest BCUT2D eigenvalue weighted by Gasteiger charge is -2.20. The number of benzene rings is 2. The van der Waals surface area contributed by atoms with Crippen LogP contribution in [0.15, 0.2) is 40.9 Å². The van der Waals surface area contributed by atoms with Crippen molar-refractivity contribution in [2.24, 2.45) is 0 Å². The highest BCUT2D eigenvalue weighted by Gasteiger charge is 2.17. The third-order valence-corrected chi connectivity index (χ3v) is 5.88. The summed E-state index contributed by atoms with van der Waals surface area (Å²) in [6, 6.07) is 9.97. The summed E-state index contributed by atoms with van der Waals surface area (Å²) in [5, 5.41) is 2.67. The molecule has 0 radical (unpaired) electrons. The molecule has 26 heavy (non-hydrogen) atoms. The Kier molecular flexibility index (Phi) is 6.43. The summed E-state index contributed by atoms with van der Waals surface area (Å²) in [5.41, 5.74) is 1.92. The van der Waals surface area contributed by atoms with Gasteiger partial charge in [-0.05, 0) is 42.3 Å². The molecule has 1 aliphatic rings. The minimum atomic E-state index is -0.283. The molecule has 0 spiro atoms. The fourth-order valence-electron chi connectivity index (χ4n) is 2.44. The lowest BCUT2D eigenvalue weighted by atomic mass is 10.2. The van der Waals surface area contributed by atoms with E-state index in [0.29, 0.717) is 25.5 Å². The van der Waals surface area contributed by atoms with E-state index in [4.69, 9.17) is 9.47 Å². The van der Waals surface area contributed by atoms with Crippen molar-refractivity contribution in [2.45, 2.75) is 24.5 Å². The van der Waals surface area contributed by atoms with Gasteiger partial charge in [-0.3, -0.25) is 4.79 Å². The van der Waals surface area contributed by atoms with E-state index in [9.17, 15) is 9.18 Å². The Morgan fingerprint density at radius 3 is 2.58 bits per heavy atom. The Morgan fingerprint density at radius 2 is 1.88 bits per heavy atom. The van der Waals surface area contributed by atoms with E-state index in [2.05, 4.69) is 21.2 Å². The van der Waals surface area contributed by atoms with Crippen LogP contribution in [0.2, 0.25) is 0 Å². The largest absolute Gasteiger partial charge is 0.486 e. The van der Waals surface area contributed by atoms with Crippen LogP contribution in [0.1, 0.15) is 18.1 Å². The predicted octanol–water partition coefficient (Wildman–Crippen LogP) is 4.30. The minimum absolute atomic E-state index is 0.0482. The predicted molar refractivity (Wildman–Crippen MR) is 104 cm³/mol. The summed E-state index contributed by atoms with van der Waals surface area (Å²) in [5.74, 6) is 1.81. The van der Waals surface area contributed by atoms with Gasteiger partial charge in [0.2, 0.25) is 5.91 Å². The van der Waals surface area contributed by atoms with Gasteiger partial charge in [0.05, 0.1) is 5.25 Å². The van der Waals surface area contributed by atoms with Crippen LogP contribution in [-0.2, 0) is 17.1 Å². The molecule has 0 saturated carbocycles. The van der Waals surface area contributed by atoms with E-state index >= 15 is 0 Å². The number of hydrogen-bond acceptors (Lipinski definition) is 4. The summed E-state index contributed by atoms with van der Waals surface area (Å²) in [4.78, 5) is 12.3. The number of carbonyl (C=O) groups excluding carboxylic acids is 1. The minimum Gasteiger partial charge on any atom is -0.486 e. The standard InChI is InChI=1S/C19H19BrFNO3S/c1-12(19(23)22-10-13-2-4-15(21)5-3-13)26-11-14-8-17-18(9-16(14)20)25-7-6-24-17/h2-5,8-9,12H,6-7,10-11H2,1H3,(H,22,23). The van der Waals surface area contributed by atoms with Crippen molar-refractivity contribution in [3.8, 4) is 11.5 Å². The van der Waals surface area contributed by atoms with E-state index in [-0.39, 0.29) is 17.0 Å². The molecule has 1 N–H and O–H groups in total. The number of nitrogens with one attached hydrogen (secondary N) is 1. The number of ether oxygens (including phenoxy) is 2. The average molecular weight is 440 g/mol. The topological polar surface area (TPSA) is 47.6 Å². The molecule has 0 aliphatic carbocycles. The molecule has 1 heterocycles. The molecule has 2 aromatic rings. The van der Waals surface area contributed by atoms with Crippen LogP contribution in [-0.4, -0.2) is 24.4 Å². The van der Waals surface area contributed by atoms with Gasteiger partial charge >= 0.3 is 0 Å². The van der Waals surface area contributed by atoms with Crippen molar-refractivity contribution in [2.75, 3.05) is 13.2 Å². The summed E-state index contributed by atoms with van der Waals surface area (Å²) < 4.78 is 25.0. The number of thioether (sulfide) groups is 1. The molecule has 7 heteroatoms. The Morgan fingerprint density at radius 1 is 1.23 bits per heavy atom. The van der Waals surface area contributed by atoms with E-state index in [0.717, 1.165) is 27.1 Å². The number of carbonyl (C=O) groups is 1. The average Bonchev–Trinajstić information content (AvgIpc) is 2.65. The third-order valence-electron chi connectivity index (χ3n) is 3.95. The quantitative estimate of drug-likeness (QED) is 0.728. The van der Waals surface area contributed by atoms with E-state index < -0.39 is 0 Å². The molecule has 1 aliphatic heterocycles. The number of amides is 1. The van der Waals surface area contributed by atoms with Crippen molar-refractivity contribution >= 4 is 33.6 Å². The van der Waals surface area contributed by atoms with Crippen LogP contribution < -0.4 is 14.8 Å². The molecule has 1 atom stereocenters. The zero-order valence-electron chi connectivity index (χ0n) is 14.3. The lowest BCUT2D eigenvalue weighted by molar-refractivity contribution is -0.120. The molecule has 0 aromatic heterocycles. The van der Waals surface area contributed by atoms with Gasteiger partial charge in [0, 0.05) is 16.8 Å². The van der Waals surface area contributed by atoms with Gasteiger partial charge in [-0.25, -0.2) is 4.39 Å². The van der Waals surface area contributed by atoms with E-state index in [1.54, 1.807) is 23.9 Å². The number of halogens is 2. The van der Waals surface area contributed by atoms with Gasteiger partial charge in [-0.2, -0.15) is 0 Å². The number of hydrogen-bond donors (Lipinski definition) is 1. The molecule has 4 nitrogen and oxygen atoms in total. The first kappa shape index (κ1) is 19.0. The van der Waals surface area contributed by atoms with Gasteiger partial charge in [-0.1, -0.05) is 28.1 Å². The van der Waals surface area contributed by atoms with Crippen molar-refractivity contribution in [3.05, 3.63) is 57.8 Å². The number of rotatable bonds is 6. The fourth-order valence-corrected chi connectivity index (χ4v) is 3.99. The van der Waals surface area contributed by atoms with Crippen LogP contribution in [0.4, 0.5) is 4.39 Å². The summed E-state index contributed by atoms with van der Waals surface area (Å²) >= 11 is 5.09. The van der Waals surface area contributed by atoms with Crippen LogP contribution in [0.3, 0.4) is 0 Å². The second-order valence-electron chi connectivity index (χ2n) is 5.88. The second kappa shape index (κ2) is 8.77. The zero-order valence-corrected chi connectivity index (χ0v) is 16.7. The van der Waals surface area contributed by atoms with Crippen molar-refractivity contribution in [3.63, 3.8) is 0 Å². The van der Waals surface area contributed by atoms with Crippen molar-refractivity contribution in [1.82, 2.24) is 5.32 Å². The maximum atomic E-state index is 12.9. The van der Waals surface area contributed by atoms with Crippen LogP contribution in [0.25, 0.3) is 0 Å². The Labute approximate surface area is 164 Å². The number of fused-ring (bicyclic) bond motifs is 1. The summed E-state index contributed by atoms with van der Waals surface area (Å²) in [6.07, 6.45) is 0. The fraction of sp³-hybridized carbons (Fsp3) is 0.316. The highest BCUT2D eigenvalue weighted by Crippen LogP contribution is 2.37. The molecule has 1 unspecified atom stereocenters. The monoisotopic (exact) mass is 439 g/mol. The molecule has 0 bridgehead atoms. The van der Waals surface area contributed by atoms with Gasteiger partial charge < -0.3 is 14.8 Å². The maximum Gasteiger partial charge on any atom is 0.233 e. The van der Waals surface area contributed by atoms with Crippen LogP contribution >= 0.6 is 27.7 Å². The van der Waals surface area contributed by atoms with Crippen molar-refractivity contribution in [1.29, 1.82) is 0 Å². The summed E-state index contributed by atoms with van der Waals surface area (Å²) in [7, 11) is 0. The summed E-state index contributed by atoms with van der Waals surface area (Å²) in [6.45, 7) is 3.36.